The van der Waals surface area contributed by atoms with Crippen LogP contribution in [0.1, 0.15) is 38.7 Å². The highest BCUT2D eigenvalue weighted by molar-refractivity contribution is 7.98. The average molecular weight is 481 g/mol. The number of carbonyl (C=O) groups is 2. The quantitative estimate of drug-likeness (QED) is 0.200. The van der Waals surface area contributed by atoms with E-state index in [1.54, 1.807) is 11.8 Å². The highest BCUT2D eigenvalue weighted by atomic mass is 32.2. The molecule has 0 saturated heterocycles. The van der Waals surface area contributed by atoms with E-state index in [1.807, 2.05) is 42.7 Å². The minimum atomic E-state index is -0.618. The number of esters is 1. The number of allylic oxidation sites excluding steroid dienone is 1. The number of hydrogen-bond donors (Lipinski definition) is 3. The van der Waals surface area contributed by atoms with Gasteiger partial charge in [-0.05, 0) is 55.1 Å². The lowest BCUT2D eigenvalue weighted by Gasteiger charge is -2.24. The summed E-state index contributed by atoms with van der Waals surface area (Å²) in [7, 11) is 1.36. The standard InChI is InChI=1S/C25H40N2O3S2/c1-18(2)20(12-13-22(26)17-31)10-11-21(16-19-8-6-5-7-9-19)24(28)27-23(14-15-32-4)25(29)30-3/h5-9,12-13,18,20-23,31H,10-11,14-17,26H2,1-4H3,(H,27,28)/t20?,21?,22?,23-/m0/s1. The van der Waals surface area contributed by atoms with Crippen molar-refractivity contribution in [1.82, 2.24) is 5.32 Å². The molecule has 0 saturated carbocycles. The summed E-state index contributed by atoms with van der Waals surface area (Å²) in [6, 6.07) is 9.33. The lowest BCUT2D eigenvalue weighted by Crippen LogP contribution is -2.45. The Labute approximate surface area is 203 Å². The summed E-state index contributed by atoms with van der Waals surface area (Å²) in [6.07, 6.45) is 8.93. The first-order chi connectivity index (χ1) is 15.3. The van der Waals surface area contributed by atoms with E-state index >= 15 is 0 Å². The Balaban J connectivity index is 2.96. The third kappa shape index (κ3) is 10.9. The van der Waals surface area contributed by atoms with Crippen LogP contribution in [0, 0.1) is 17.8 Å². The van der Waals surface area contributed by atoms with Gasteiger partial charge in [0.25, 0.3) is 0 Å². The van der Waals surface area contributed by atoms with Gasteiger partial charge in [-0.3, -0.25) is 4.79 Å². The number of benzene rings is 1. The maximum atomic E-state index is 13.3. The van der Waals surface area contributed by atoms with Gasteiger partial charge >= 0.3 is 5.97 Å². The maximum absolute atomic E-state index is 13.3. The number of nitrogens with one attached hydrogen (secondary N) is 1. The van der Waals surface area contributed by atoms with Crippen molar-refractivity contribution in [3.05, 3.63) is 48.0 Å². The van der Waals surface area contributed by atoms with Gasteiger partial charge in [-0.2, -0.15) is 24.4 Å². The summed E-state index contributed by atoms with van der Waals surface area (Å²) in [5, 5.41) is 2.96. The molecule has 0 bridgehead atoms. The minimum Gasteiger partial charge on any atom is -0.467 e. The van der Waals surface area contributed by atoms with Crippen LogP contribution in [0.15, 0.2) is 42.5 Å². The molecule has 7 heteroatoms. The average Bonchev–Trinajstić information content (AvgIpc) is 2.80. The van der Waals surface area contributed by atoms with Crippen LogP contribution in [-0.4, -0.2) is 48.8 Å². The van der Waals surface area contributed by atoms with E-state index in [9.17, 15) is 9.59 Å². The first kappa shape index (κ1) is 28.6. The second-order valence-electron chi connectivity index (χ2n) is 8.47. The zero-order chi connectivity index (χ0) is 23.9. The molecule has 0 aromatic heterocycles. The Morgan fingerprint density at radius 2 is 1.84 bits per heavy atom. The van der Waals surface area contributed by atoms with Crippen LogP contribution in [0.2, 0.25) is 0 Å². The fourth-order valence-corrected chi connectivity index (χ4v) is 4.13. The van der Waals surface area contributed by atoms with Crippen molar-refractivity contribution < 1.29 is 14.3 Å². The molecule has 0 fully saturated rings. The smallest absolute Gasteiger partial charge is 0.328 e. The number of thioether (sulfide) groups is 1. The molecule has 0 heterocycles. The third-order valence-corrected chi connectivity index (χ3v) is 6.70. The van der Waals surface area contributed by atoms with Gasteiger partial charge in [-0.25, -0.2) is 4.79 Å². The van der Waals surface area contributed by atoms with Gasteiger partial charge in [0.15, 0.2) is 0 Å². The maximum Gasteiger partial charge on any atom is 0.328 e. The predicted octanol–water partition coefficient (Wildman–Crippen LogP) is 4.12. The molecular formula is C25H40N2O3S2. The zero-order valence-electron chi connectivity index (χ0n) is 19.8. The van der Waals surface area contributed by atoms with E-state index in [0.717, 1.165) is 24.2 Å². The SMILES string of the molecule is COC(=O)[C@H](CCSC)NC(=O)C(CCC(C=CC(N)CS)C(C)C)Cc1ccccc1. The van der Waals surface area contributed by atoms with Crippen molar-refractivity contribution in [2.75, 3.05) is 24.9 Å². The van der Waals surface area contributed by atoms with E-state index in [2.05, 4.69) is 37.9 Å². The number of hydrogen-bond acceptors (Lipinski definition) is 6. The van der Waals surface area contributed by atoms with E-state index in [0.29, 0.717) is 30.4 Å². The van der Waals surface area contributed by atoms with E-state index in [4.69, 9.17) is 10.5 Å². The van der Waals surface area contributed by atoms with E-state index in [1.165, 1.54) is 7.11 Å². The van der Waals surface area contributed by atoms with Crippen LogP contribution in [0.4, 0.5) is 0 Å². The van der Waals surface area contributed by atoms with Gasteiger partial charge in [0.1, 0.15) is 6.04 Å². The van der Waals surface area contributed by atoms with E-state index < -0.39 is 12.0 Å². The molecule has 0 radical (unpaired) electrons. The van der Waals surface area contributed by atoms with Crippen molar-refractivity contribution in [1.29, 1.82) is 0 Å². The molecule has 4 atom stereocenters. The molecule has 1 rings (SSSR count). The highest BCUT2D eigenvalue weighted by Crippen LogP contribution is 2.24. The minimum absolute atomic E-state index is 0.0692. The fourth-order valence-electron chi connectivity index (χ4n) is 3.53. The molecular weight excluding hydrogens is 440 g/mol. The van der Waals surface area contributed by atoms with Gasteiger partial charge in [0, 0.05) is 17.7 Å². The Kier molecular flexibility index (Phi) is 14.5. The Morgan fingerprint density at radius 1 is 1.16 bits per heavy atom. The van der Waals surface area contributed by atoms with Gasteiger partial charge in [0.05, 0.1) is 7.11 Å². The van der Waals surface area contributed by atoms with Crippen LogP contribution in [0.5, 0.6) is 0 Å². The van der Waals surface area contributed by atoms with Crippen LogP contribution >= 0.6 is 24.4 Å². The predicted molar refractivity (Wildman–Crippen MR) is 139 cm³/mol. The van der Waals surface area contributed by atoms with Gasteiger partial charge in [-0.15, -0.1) is 0 Å². The molecule has 3 N–H and O–H groups in total. The number of ether oxygens (including phenoxy) is 1. The molecule has 1 aromatic carbocycles. The fraction of sp³-hybridized carbons (Fsp3) is 0.600. The summed E-state index contributed by atoms with van der Waals surface area (Å²) < 4.78 is 4.91. The van der Waals surface area contributed by atoms with Crippen LogP contribution in [0.3, 0.4) is 0 Å². The lowest BCUT2D eigenvalue weighted by atomic mass is 9.85. The summed E-state index contributed by atoms with van der Waals surface area (Å²) >= 11 is 5.89. The topological polar surface area (TPSA) is 81.4 Å². The highest BCUT2D eigenvalue weighted by Gasteiger charge is 2.27. The number of methoxy groups -OCH3 is 1. The number of carbonyl (C=O) groups excluding carboxylic acids is 2. The molecule has 0 aliphatic rings. The number of thiol groups is 1. The first-order valence-corrected chi connectivity index (χ1v) is 13.3. The van der Waals surface area contributed by atoms with Crippen LogP contribution in [0.25, 0.3) is 0 Å². The second-order valence-corrected chi connectivity index (χ2v) is 9.82. The Bertz CT molecular complexity index is 698. The Morgan fingerprint density at radius 3 is 2.41 bits per heavy atom. The molecule has 1 aromatic rings. The number of amides is 1. The molecule has 3 unspecified atom stereocenters. The molecule has 32 heavy (non-hydrogen) atoms. The number of rotatable bonds is 15. The van der Waals surface area contributed by atoms with Crippen molar-refractivity contribution in [2.45, 2.75) is 51.6 Å². The summed E-state index contributed by atoms with van der Waals surface area (Å²) in [5.41, 5.74) is 7.10. The normalized spacial score (nSPS) is 15.3. The Hall–Kier alpha value is -1.44. The summed E-state index contributed by atoms with van der Waals surface area (Å²) in [5.74, 6) is 1.41. The van der Waals surface area contributed by atoms with Crippen molar-refractivity contribution in [2.24, 2.45) is 23.5 Å². The van der Waals surface area contributed by atoms with Crippen molar-refractivity contribution in [3.8, 4) is 0 Å². The largest absolute Gasteiger partial charge is 0.467 e. The molecule has 180 valence electrons. The summed E-state index contributed by atoms with van der Waals surface area (Å²) in [4.78, 5) is 25.5. The van der Waals surface area contributed by atoms with Crippen LogP contribution < -0.4 is 11.1 Å². The van der Waals surface area contributed by atoms with Gasteiger partial charge in [-0.1, -0.05) is 56.3 Å². The summed E-state index contributed by atoms with van der Waals surface area (Å²) in [6.45, 7) is 4.37. The molecule has 0 aliphatic heterocycles. The molecule has 5 nitrogen and oxygen atoms in total. The van der Waals surface area contributed by atoms with Gasteiger partial charge < -0.3 is 15.8 Å². The van der Waals surface area contributed by atoms with Crippen molar-refractivity contribution >= 4 is 36.3 Å². The van der Waals surface area contributed by atoms with Crippen LogP contribution in [-0.2, 0) is 20.7 Å². The first-order valence-electron chi connectivity index (χ1n) is 11.3. The number of nitrogens with two attached hydrogens (primary N) is 1. The lowest BCUT2D eigenvalue weighted by molar-refractivity contribution is -0.145. The molecule has 1 amide bonds. The zero-order valence-corrected chi connectivity index (χ0v) is 21.5. The van der Waals surface area contributed by atoms with Gasteiger partial charge in [0.2, 0.25) is 5.91 Å². The van der Waals surface area contributed by atoms with Crippen molar-refractivity contribution in [3.63, 3.8) is 0 Å². The monoisotopic (exact) mass is 480 g/mol. The molecule has 0 aliphatic carbocycles. The van der Waals surface area contributed by atoms with E-state index in [-0.39, 0.29) is 17.9 Å². The second kappa shape index (κ2) is 16.2. The third-order valence-electron chi connectivity index (χ3n) is 5.63. The molecule has 0 spiro atoms.